The van der Waals surface area contributed by atoms with Gasteiger partial charge in [-0.25, -0.2) is 0 Å². The Morgan fingerprint density at radius 2 is 1.70 bits per heavy atom. The predicted molar refractivity (Wildman–Crippen MR) is 103 cm³/mol. The summed E-state index contributed by atoms with van der Waals surface area (Å²) in [4.78, 5) is 12.0. The lowest BCUT2D eigenvalue weighted by atomic mass is 9.87. The molecule has 0 aliphatic rings. The molecule has 1 atom stereocenters. The van der Waals surface area contributed by atoms with Gasteiger partial charge in [-0.1, -0.05) is 39.0 Å². The molecular weight excluding hydrogens is 346 g/mol. The first-order valence-electron chi connectivity index (χ1n) is 8.83. The molecule has 0 aromatic heterocycles. The first-order valence-corrected chi connectivity index (χ1v) is 8.83. The van der Waals surface area contributed by atoms with E-state index in [1.807, 2.05) is 24.3 Å². The van der Waals surface area contributed by atoms with E-state index in [-0.39, 0.29) is 36.5 Å². The van der Waals surface area contributed by atoms with Crippen molar-refractivity contribution in [1.29, 1.82) is 0 Å². The second-order valence-electron chi connectivity index (χ2n) is 7.42. The number of esters is 1. The van der Waals surface area contributed by atoms with Gasteiger partial charge >= 0.3 is 5.97 Å². The highest BCUT2D eigenvalue weighted by molar-refractivity contribution is 5.76. The Labute approximate surface area is 159 Å². The molecule has 0 aliphatic heterocycles. The molecule has 6 heteroatoms. The van der Waals surface area contributed by atoms with E-state index in [1.54, 1.807) is 6.07 Å². The highest BCUT2D eigenvalue weighted by Crippen LogP contribution is 2.25. The molecule has 2 rings (SSSR count). The zero-order valence-electron chi connectivity index (χ0n) is 15.9. The molecule has 0 aliphatic carbocycles. The van der Waals surface area contributed by atoms with Crippen LogP contribution in [-0.2, 0) is 21.4 Å². The Hall–Kier alpha value is -2.73. The average Bonchev–Trinajstić information content (AvgIpc) is 2.61. The number of carbonyl (C=O) groups excluding carboxylic acids is 1. The number of phenols is 2. The molecule has 0 amide bonds. The van der Waals surface area contributed by atoms with Gasteiger partial charge < -0.3 is 25.4 Å². The maximum Gasteiger partial charge on any atom is 0.323 e. The van der Waals surface area contributed by atoms with Crippen molar-refractivity contribution in [2.24, 2.45) is 5.73 Å². The zero-order chi connectivity index (χ0) is 20.0. The van der Waals surface area contributed by atoms with Crippen LogP contribution < -0.4 is 10.5 Å². The van der Waals surface area contributed by atoms with E-state index in [0.717, 1.165) is 0 Å². The van der Waals surface area contributed by atoms with Crippen LogP contribution in [0.1, 0.15) is 31.9 Å². The molecule has 0 saturated carbocycles. The van der Waals surface area contributed by atoms with E-state index < -0.39 is 12.0 Å². The van der Waals surface area contributed by atoms with Crippen LogP contribution >= 0.6 is 0 Å². The number of ether oxygens (including phenoxy) is 2. The highest BCUT2D eigenvalue weighted by Gasteiger charge is 2.17. The summed E-state index contributed by atoms with van der Waals surface area (Å²) in [6.45, 7) is 6.75. The number of phenolic OH excluding ortho intramolecular Hbond substituents is 2. The lowest BCUT2D eigenvalue weighted by Gasteiger charge is -2.19. The fourth-order valence-corrected chi connectivity index (χ4v) is 2.49. The third kappa shape index (κ3) is 6.18. The minimum absolute atomic E-state index is 0.0818. The van der Waals surface area contributed by atoms with Crippen LogP contribution in [0, 0.1) is 0 Å². The molecule has 0 heterocycles. The molecule has 6 nitrogen and oxygen atoms in total. The molecule has 146 valence electrons. The topological polar surface area (TPSA) is 102 Å². The van der Waals surface area contributed by atoms with Gasteiger partial charge in [-0.2, -0.15) is 0 Å². The third-order valence-corrected chi connectivity index (χ3v) is 4.11. The third-order valence-electron chi connectivity index (χ3n) is 4.11. The standard InChI is InChI=1S/C21H27NO5/c1-21(2,3)15-5-7-16(8-6-15)26-10-11-27-20(25)17(22)12-14-4-9-18(23)19(24)13-14/h4-9,13,17,23-24H,10-12,22H2,1-3H3/t17-/m0/s1. The minimum Gasteiger partial charge on any atom is -0.504 e. The van der Waals surface area contributed by atoms with Crippen molar-refractivity contribution in [2.45, 2.75) is 38.6 Å². The quantitative estimate of drug-likeness (QED) is 0.392. The molecule has 0 bridgehead atoms. The van der Waals surface area contributed by atoms with Gasteiger partial charge in [0.25, 0.3) is 0 Å². The molecule has 4 N–H and O–H groups in total. The fourth-order valence-electron chi connectivity index (χ4n) is 2.49. The summed E-state index contributed by atoms with van der Waals surface area (Å²) in [6, 6.07) is 11.3. The summed E-state index contributed by atoms with van der Waals surface area (Å²) in [5, 5.41) is 18.8. The lowest BCUT2D eigenvalue weighted by molar-refractivity contribution is -0.145. The summed E-state index contributed by atoms with van der Waals surface area (Å²) >= 11 is 0. The molecule has 27 heavy (non-hydrogen) atoms. The van der Waals surface area contributed by atoms with Crippen molar-refractivity contribution in [1.82, 2.24) is 0 Å². The van der Waals surface area contributed by atoms with Crippen molar-refractivity contribution < 1.29 is 24.5 Å². The largest absolute Gasteiger partial charge is 0.504 e. The van der Waals surface area contributed by atoms with Crippen molar-refractivity contribution >= 4 is 5.97 Å². The first-order chi connectivity index (χ1) is 12.7. The Kier molecular flexibility index (Phi) is 6.69. The summed E-state index contributed by atoms with van der Waals surface area (Å²) in [5.41, 5.74) is 7.76. The monoisotopic (exact) mass is 373 g/mol. The van der Waals surface area contributed by atoms with Crippen LogP contribution in [0.5, 0.6) is 17.2 Å². The number of rotatable bonds is 7. The van der Waals surface area contributed by atoms with Crippen LogP contribution in [-0.4, -0.2) is 35.4 Å². The second-order valence-corrected chi connectivity index (χ2v) is 7.42. The zero-order valence-corrected chi connectivity index (χ0v) is 15.9. The van der Waals surface area contributed by atoms with Gasteiger partial charge in [-0.05, 0) is 47.2 Å². The van der Waals surface area contributed by atoms with Crippen LogP contribution in [0.15, 0.2) is 42.5 Å². The fraction of sp³-hybridized carbons (Fsp3) is 0.381. The van der Waals surface area contributed by atoms with E-state index in [2.05, 4.69) is 20.8 Å². The summed E-state index contributed by atoms with van der Waals surface area (Å²) in [5.74, 6) is -0.307. The maximum atomic E-state index is 12.0. The second kappa shape index (κ2) is 8.77. The van der Waals surface area contributed by atoms with Gasteiger partial charge in [-0.3, -0.25) is 4.79 Å². The number of benzene rings is 2. The van der Waals surface area contributed by atoms with E-state index >= 15 is 0 Å². The molecule has 0 saturated heterocycles. The van der Waals surface area contributed by atoms with Gasteiger partial charge in [0, 0.05) is 0 Å². The van der Waals surface area contributed by atoms with Gasteiger partial charge in [0.05, 0.1) is 0 Å². The van der Waals surface area contributed by atoms with Gasteiger partial charge in [-0.15, -0.1) is 0 Å². The normalized spacial score (nSPS) is 12.4. The van der Waals surface area contributed by atoms with E-state index in [1.165, 1.54) is 17.7 Å². The molecule has 0 unspecified atom stereocenters. The molecular formula is C21H27NO5. The lowest BCUT2D eigenvalue weighted by Crippen LogP contribution is -2.35. The molecule has 0 fully saturated rings. The molecule has 0 spiro atoms. The van der Waals surface area contributed by atoms with Crippen molar-refractivity contribution in [3.8, 4) is 17.2 Å². The van der Waals surface area contributed by atoms with E-state index in [4.69, 9.17) is 15.2 Å². The number of hydrogen-bond acceptors (Lipinski definition) is 6. The Morgan fingerprint density at radius 1 is 1.04 bits per heavy atom. The Balaban J connectivity index is 1.74. The van der Waals surface area contributed by atoms with E-state index in [9.17, 15) is 15.0 Å². The predicted octanol–water partition coefficient (Wildman–Crippen LogP) is 2.89. The van der Waals surface area contributed by atoms with Gasteiger partial charge in [0.2, 0.25) is 0 Å². The smallest absolute Gasteiger partial charge is 0.323 e. The van der Waals surface area contributed by atoms with Crippen molar-refractivity contribution in [3.63, 3.8) is 0 Å². The van der Waals surface area contributed by atoms with E-state index in [0.29, 0.717) is 11.3 Å². The Morgan fingerprint density at radius 3 is 2.30 bits per heavy atom. The van der Waals surface area contributed by atoms with Crippen molar-refractivity contribution in [3.05, 3.63) is 53.6 Å². The average molecular weight is 373 g/mol. The molecule has 2 aromatic carbocycles. The number of hydrogen-bond donors (Lipinski definition) is 3. The SMILES string of the molecule is CC(C)(C)c1ccc(OCCOC(=O)[C@@H](N)Cc2ccc(O)c(O)c2)cc1. The highest BCUT2D eigenvalue weighted by atomic mass is 16.6. The number of nitrogens with two attached hydrogens (primary N) is 1. The summed E-state index contributed by atoms with van der Waals surface area (Å²) in [6.07, 6.45) is 0.196. The van der Waals surface area contributed by atoms with Gasteiger partial charge in [0.1, 0.15) is 25.0 Å². The minimum atomic E-state index is -0.861. The van der Waals surface area contributed by atoms with Crippen LogP contribution in [0.4, 0.5) is 0 Å². The number of aromatic hydroxyl groups is 2. The number of carbonyl (C=O) groups is 1. The van der Waals surface area contributed by atoms with Gasteiger partial charge in [0.15, 0.2) is 11.5 Å². The first kappa shape index (κ1) is 20.6. The van der Waals surface area contributed by atoms with Crippen molar-refractivity contribution in [2.75, 3.05) is 13.2 Å². The van der Waals surface area contributed by atoms with Crippen LogP contribution in [0.3, 0.4) is 0 Å². The van der Waals surface area contributed by atoms with Crippen LogP contribution in [0.25, 0.3) is 0 Å². The summed E-state index contributed by atoms with van der Waals surface area (Å²) < 4.78 is 10.7. The van der Waals surface area contributed by atoms with Crippen LogP contribution in [0.2, 0.25) is 0 Å². The Bertz CT molecular complexity index is 765. The maximum absolute atomic E-state index is 12.0. The summed E-state index contributed by atoms with van der Waals surface area (Å²) in [7, 11) is 0. The molecule has 0 radical (unpaired) electrons. The molecule has 2 aromatic rings.